The molecular formula is C41H40N6O7. The number of anilines is 2. The maximum absolute atomic E-state index is 13.2. The van der Waals surface area contributed by atoms with Crippen molar-refractivity contribution in [3.05, 3.63) is 101 Å². The summed E-state index contributed by atoms with van der Waals surface area (Å²) in [7, 11) is 0. The quantitative estimate of drug-likeness (QED) is 0.216. The average Bonchev–Trinajstić information content (AvgIpc) is 3.35. The summed E-state index contributed by atoms with van der Waals surface area (Å²) in [5.41, 5.74) is 3.58. The van der Waals surface area contributed by atoms with Crippen LogP contribution in [0.15, 0.2) is 79.1 Å². The van der Waals surface area contributed by atoms with Crippen molar-refractivity contribution >= 4 is 35.1 Å². The monoisotopic (exact) mass is 728 g/mol. The van der Waals surface area contributed by atoms with E-state index >= 15 is 0 Å². The lowest BCUT2D eigenvalue weighted by Crippen LogP contribution is -2.66. The second-order valence-electron chi connectivity index (χ2n) is 15.6. The lowest BCUT2D eigenvalue weighted by atomic mass is 9.78. The molecule has 4 fully saturated rings. The van der Waals surface area contributed by atoms with E-state index in [1.807, 2.05) is 30.3 Å². The van der Waals surface area contributed by atoms with Crippen LogP contribution in [0.2, 0.25) is 0 Å². The van der Waals surface area contributed by atoms with Gasteiger partial charge in [-0.2, -0.15) is 0 Å². The molecular weight excluding hydrogens is 688 g/mol. The summed E-state index contributed by atoms with van der Waals surface area (Å²) in [6, 6.07) is 22.4. The summed E-state index contributed by atoms with van der Waals surface area (Å²) < 4.78 is 17.8. The van der Waals surface area contributed by atoms with E-state index in [1.165, 1.54) is 0 Å². The number of hydrogen-bond acceptors (Lipinski definition) is 11. The number of piperidine rings is 1. The molecule has 5 aliphatic rings. The number of aromatic nitrogens is 2. The molecule has 276 valence electrons. The lowest BCUT2D eigenvalue weighted by Gasteiger charge is -2.55. The Hall–Kier alpha value is -5.82. The van der Waals surface area contributed by atoms with Gasteiger partial charge in [-0.15, -0.1) is 0 Å². The van der Waals surface area contributed by atoms with Crippen molar-refractivity contribution in [1.29, 1.82) is 0 Å². The zero-order chi connectivity index (χ0) is 37.2. The Kier molecular flexibility index (Phi) is 8.14. The van der Waals surface area contributed by atoms with Gasteiger partial charge in [0.25, 0.3) is 11.8 Å². The van der Waals surface area contributed by atoms with Crippen molar-refractivity contribution in [3.63, 3.8) is 0 Å². The van der Waals surface area contributed by atoms with Gasteiger partial charge in [0.05, 0.1) is 29.8 Å². The molecule has 54 heavy (non-hydrogen) atoms. The molecule has 1 aromatic heterocycles. The molecule has 13 heteroatoms. The Bertz CT molecular complexity index is 2150. The summed E-state index contributed by atoms with van der Waals surface area (Å²) in [4.78, 5) is 62.1. The number of ether oxygens (including phenoxy) is 3. The van der Waals surface area contributed by atoms with Gasteiger partial charge >= 0.3 is 0 Å². The second-order valence-corrected chi connectivity index (χ2v) is 15.6. The van der Waals surface area contributed by atoms with E-state index in [0.29, 0.717) is 17.0 Å². The van der Waals surface area contributed by atoms with Gasteiger partial charge in [-0.1, -0.05) is 38.1 Å². The minimum atomic E-state index is -0.986. The first-order chi connectivity index (χ1) is 26.0. The van der Waals surface area contributed by atoms with E-state index in [2.05, 4.69) is 63.6 Å². The molecule has 13 nitrogen and oxygen atoms in total. The summed E-state index contributed by atoms with van der Waals surface area (Å²) in [5.74, 6) is 0.834. The first kappa shape index (κ1) is 34.0. The Morgan fingerprint density at radius 2 is 1.54 bits per heavy atom. The van der Waals surface area contributed by atoms with E-state index in [0.717, 1.165) is 72.4 Å². The number of benzene rings is 3. The maximum Gasteiger partial charge on any atom is 0.262 e. The van der Waals surface area contributed by atoms with Crippen molar-refractivity contribution in [1.82, 2.24) is 20.2 Å². The fourth-order valence-corrected chi connectivity index (χ4v) is 8.00. The number of nitrogens with one attached hydrogen (secondary N) is 2. The lowest BCUT2D eigenvalue weighted by molar-refractivity contribution is -0.136. The van der Waals surface area contributed by atoms with Crippen LogP contribution in [0.4, 0.5) is 11.5 Å². The molecule has 0 bridgehead atoms. The predicted octanol–water partition coefficient (Wildman–Crippen LogP) is 4.85. The SMILES string of the molecule is CC(C)(c1ccc(Oc2cc(N3CC4(COC4)C3)ncn2)cc1)c1ccc(O[C@H]2C[C@@H](Nc3ccc4c(c3)C(=O)N(C3CCC(=O)NC3=O)C4=O)C2)cc1. The number of fused-ring (bicyclic) bond motifs is 1. The van der Waals surface area contributed by atoms with Gasteiger partial charge in [0, 0.05) is 55.6 Å². The summed E-state index contributed by atoms with van der Waals surface area (Å²) in [6.45, 7) is 7.94. The number of rotatable bonds is 10. The highest BCUT2D eigenvalue weighted by Crippen LogP contribution is 2.41. The molecule has 1 spiro atoms. The molecule has 0 radical (unpaired) electrons. The molecule has 4 aromatic rings. The summed E-state index contributed by atoms with van der Waals surface area (Å²) in [6.07, 6.45) is 3.35. The van der Waals surface area contributed by atoms with Crippen molar-refractivity contribution in [3.8, 4) is 17.4 Å². The summed E-state index contributed by atoms with van der Waals surface area (Å²) in [5, 5.41) is 5.67. The van der Waals surface area contributed by atoms with Gasteiger partial charge in [0.1, 0.15) is 35.8 Å². The van der Waals surface area contributed by atoms with E-state index in [4.69, 9.17) is 14.2 Å². The fraction of sp³-hybridized carbons (Fsp3) is 0.366. The van der Waals surface area contributed by atoms with Crippen LogP contribution in [0.5, 0.6) is 17.4 Å². The third-order valence-electron chi connectivity index (χ3n) is 11.4. The molecule has 3 aromatic carbocycles. The van der Waals surface area contributed by atoms with Crippen LogP contribution >= 0.6 is 0 Å². The van der Waals surface area contributed by atoms with Crippen LogP contribution in [-0.4, -0.2) is 83.0 Å². The normalized spacial score (nSPS) is 22.9. The third-order valence-corrected chi connectivity index (χ3v) is 11.4. The molecule has 1 saturated carbocycles. The predicted molar refractivity (Wildman–Crippen MR) is 197 cm³/mol. The Balaban J connectivity index is 0.765. The minimum absolute atomic E-state index is 0.0421. The van der Waals surface area contributed by atoms with Gasteiger partial charge in [-0.05, 0) is 60.0 Å². The van der Waals surface area contributed by atoms with Crippen LogP contribution < -0.4 is 25.0 Å². The van der Waals surface area contributed by atoms with E-state index in [1.54, 1.807) is 24.5 Å². The van der Waals surface area contributed by atoms with Crippen molar-refractivity contribution in [2.24, 2.45) is 5.41 Å². The topological polar surface area (TPSA) is 152 Å². The molecule has 9 rings (SSSR count). The van der Waals surface area contributed by atoms with E-state index in [9.17, 15) is 19.2 Å². The van der Waals surface area contributed by atoms with Gasteiger partial charge in [-0.25, -0.2) is 9.97 Å². The largest absolute Gasteiger partial charge is 0.490 e. The molecule has 5 heterocycles. The van der Waals surface area contributed by atoms with Crippen molar-refractivity contribution in [2.45, 2.75) is 63.1 Å². The van der Waals surface area contributed by atoms with E-state index in [-0.39, 0.29) is 41.5 Å². The number of carbonyl (C=O) groups is 4. The zero-order valence-electron chi connectivity index (χ0n) is 30.0. The number of nitrogens with zero attached hydrogens (tertiary/aromatic N) is 4. The standard InChI is InChI=1S/C41H40N6O7/c1-40(2,25-5-10-29(11-6-25)54-36-18-34(42-23-43-36)46-19-41(20-46)21-52-22-41)24-3-8-28(9-4-24)53-30-15-27(16-30)44-26-7-12-31-32(17-26)39(51)47(38(31)50)33-13-14-35(48)45-37(33)49/h3-12,17-18,23,27,30,33,44H,13-16,19-22H2,1-2H3,(H,45,48,49)/t27-,30+,33?. The third kappa shape index (κ3) is 6.11. The van der Waals surface area contributed by atoms with Crippen LogP contribution in [-0.2, 0) is 19.7 Å². The highest BCUT2D eigenvalue weighted by atomic mass is 16.5. The maximum atomic E-state index is 13.2. The average molecular weight is 729 g/mol. The number of imide groups is 2. The highest BCUT2D eigenvalue weighted by molar-refractivity contribution is 6.23. The second kappa shape index (κ2) is 12.9. The first-order valence-corrected chi connectivity index (χ1v) is 18.4. The summed E-state index contributed by atoms with van der Waals surface area (Å²) >= 11 is 0. The Morgan fingerprint density at radius 1 is 0.852 bits per heavy atom. The Morgan fingerprint density at radius 3 is 2.20 bits per heavy atom. The molecule has 1 atom stereocenters. The van der Waals surface area contributed by atoms with Crippen molar-refractivity contribution < 1.29 is 33.4 Å². The van der Waals surface area contributed by atoms with Crippen LogP contribution in [0, 0.1) is 5.41 Å². The molecule has 1 aliphatic carbocycles. The fourth-order valence-electron chi connectivity index (χ4n) is 8.00. The molecule has 3 saturated heterocycles. The van der Waals surface area contributed by atoms with Gasteiger partial charge in [0.2, 0.25) is 17.7 Å². The Labute approximate surface area is 312 Å². The van der Waals surface area contributed by atoms with Crippen LogP contribution in [0.25, 0.3) is 0 Å². The zero-order valence-corrected chi connectivity index (χ0v) is 30.0. The number of hydrogen-bond donors (Lipinski definition) is 2. The highest BCUT2D eigenvalue weighted by Gasteiger charge is 2.49. The van der Waals surface area contributed by atoms with Gasteiger partial charge in [0.15, 0.2) is 0 Å². The minimum Gasteiger partial charge on any atom is -0.490 e. The number of amides is 4. The van der Waals surface area contributed by atoms with Gasteiger partial charge in [-0.3, -0.25) is 29.4 Å². The molecule has 1 unspecified atom stereocenters. The molecule has 4 aliphatic heterocycles. The van der Waals surface area contributed by atoms with E-state index < -0.39 is 29.7 Å². The number of carbonyl (C=O) groups excluding carboxylic acids is 4. The van der Waals surface area contributed by atoms with Crippen molar-refractivity contribution in [2.75, 3.05) is 36.5 Å². The van der Waals surface area contributed by atoms with Crippen LogP contribution in [0.1, 0.15) is 71.4 Å². The smallest absolute Gasteiger partial charge is 0.262 e. The van der Waals surface area contributed by atoms with Gasteiger partial charge < -0.3 is 24.4 Å². The first-order valence-electron chi connectivity index (χ1n) is 18.4. The molecule has 2 N–H and O–H groups in total. The van der Waals surface area contributed by atoms with Crippen LogP contribution in [0.3, 0.4) is 0 Å². The molecule has 4 amide bonds.